The van der Waals surface area contributed by atoms with Crippen LogP contribution in [0.15, 0.2) is 78.9 Å². The van der Waals surface area contributed by atoms with E-state index in [1.807, 2.05) is 18.2 Å². The summed E-state index contributed by atoms with van der Waals surface area (Å²) in [6.07, 6.45) is 0. The summed E-state index contributed by atoms with van der Waals surface area (Å²) in [5.74, 6) is 0.715. The van der Waals surface area contributed by atoms with Crippen LogP contribution in [0, 0.1) is 0 Å². The molecule has 3 aromatic rings. The van der Waals surface area contributed by atoms with Crippen LogP contribution in [0.3, 0.4) is 0 Å². The fourth-order valence-corrected chi connectivity index (χ4v) is 2.47. The molecule has 2 amide bonds. The van der Waals surface area contributed by atoms with Crippen molar-refractivity contribution in [2.75, 3.05) is 24.4 Å². The van der Waals surface area contributed by atoms with Crippen LogP contribution in [0.4, 0.5) is 11.4 Å². The molecular weight excluding hydrogens is 356 g/mol. The summed E-state index contributed by atoms with van der Waals surface area (Å²) >= 11 is 0. The Kier molecular flexibility index (Phi) is 6.25. The maximum absolute atomic E-state index is 12.1. The predicted molar refractivity (Wildman–Crippen MR) is 108 cm³/mol. The number of ether oxygens (including phenoxy) is 2. The van der Waals surface area contributed by atoms with Gasteiger partial charge >= 0.3 is 0 Å². The largest absolute Gasteiger partial charge is 0.497 e. The lowest BCUT2D eigenvalue weighted by atomic mass is 10.2. The second kappa shape index (κ2) is 9.23. The van der Waals surface area contributed by atoms with Gasteiger partial charge in [0.25, 0.3) is 11.8 Å². The zero-order valence-electron chi connectivity index (χ0n) is 15.3. The average molecular weight is 376 g/mol. The molecule has 0 atom stereocenters. The zero-order valence-corrected chi connectivity index (χ0v) is 15.3. The normalized spacial score (nSPS) is 10.0. The van der Waals surface area contributed by atoms with Crippen molar-refractivity contribution in [3.05, 3.63) is 84.4 Å². The first-order valence-corrected chi connectivity index (χ1v) is 8.67. The fraction of sp³-hybridized carbons (Fsp3) is 0.0909. The number of benzene rings is 3. The monoisotopic (exact) mass is 376 g/mol. The van der Waals surface area contributed by atoms with E-state index >= 15 is 0 Å². The molecule has 3 aromatic carbocycles. The van der Waals surface area contributed by atoms with Crippen molar-refractivity contribution in [2.24, 2.45) is 0 Å². The third-order valence-corrected chi connectivity index (χ3v) is 3.87. The van der Waals surface area contributed by atoms with Crippen LogP contribution in [0.5, 0.6) is 11.5 Å². The van der Waals surface area contributed by atoms with Crippen LogP contribution in [0.2, 0.25) is 0 Å². The summed E-state index contributed by atoms with van der Waals surface area (Å²) < 4.78 is 10.6. The van der Waals surface area contributed by atoms with Crippen molar-refractivity contribution >= 4 is 23.2 Å². The van der Waals surface area contributed by atoms with Gasteiger partial charge in [-0.1, -0.05) is 24.3 Å². The van der Waals surface area contributed by atoms with E-state index in [0.29, 0.717) is 28.4 Å². The number of amides is 2. The van der Waals surface area contributed by atoms with E-state index in [-0.39, 0.29) is 18.4 Å². The van der Waals surface area contributed by atoms with Crippen LogP contribution in [-0.2, 0) is 4.79 Å². The minimum atomic E-state index is -0.283. The van der Waals surface area contributed by atoms with Gasteiger partial charge in [0.2, 0.25) is 0 Å². The highest BCUT2D eigenvalue weighted by atomic mass is 16.5. The second-order valence-corrected chi connectivity index (χ2v) is 5.91. The first-order chi connectivity index (χ1) is 13.6. The number of hydrogen-bond donors (Lipinski definition) is 2. The molecule has 0 heterocycles. The number of methoxy groups -OCH3 is 1. The molecule has 0 saturated carbocycles. The quantitative estimate of drug-likeness (QED) is 0.654. The van der Waals surface area contributed by atoms with Crippen LogP contribution in [0.1, 0.15) is 10.4 Å². The maximum Gasteiger partial charge on any atom is 0.262 e. The molecule has 0 saturated heterocycles. The molecule has 0 fully saturated rings. The van der Waals surface area contributed by atoms with Crippen molar-refractivity contribution in [1.29, 1.82) is 0 Å². The zero-order chi connectivity index (χ0) is 19.8. The molecule has 0 aliphatic carbocycles. The molecule has 0 aromatic heterocycles. The van der Waals surface area contributed by atoms with Crippen molar-refractivity contribution in [1.82, 2.24) is 0 Å². The van der Waals surface area contributed by atoms with Gasteiger partial charge < -0.3 is 20.1 Å². The van der Waals surface area contributed by atoms with Crippen LogP contribution in [-0.4, -0.2) is 25.5 Å². The van der Waals surface area contributed by atoms with Gasteiger partial charge in [-0.05, 0) is 48.5 Å². The van der Waals surface area contributed by atoms with Crippen molar-refractivity contribution in [3.63, 3.8) is 0 Å². The van der Waals surface area contributed by atoms with E-state index in [1.54, 1.807) is 67.8 Å². The van der Waals surface area contributed by atoms with Crippen LogP contribution in [0.25, 0.3) is 0 Å². The molecule has 28 heavy (non-hydrogen) atoms. The number of hydrogen-bond acceptors (Lipinski definition) is 4. The highest BCUT2D eigenvalue weighted by Gasteiger charge is 2.07. The molecule has 3 rings (SSSR count). The molecule has 6 heteroatoms. The number of carbonyl (C=O) groups excluding carboxylic acids is 2. The molecule has 0 bridgehead atoms. The Balaban J connectivity index is 1.50. The van der Waals surface area contributed by atoms with Crippen molar-refractivity contribution < 1.29 is 19.1 Å². The number of nitrogens with one attached hydrogen (secondary N) is 2. The fourth-order valence-electron chi connectivity index (χ4n) is 2.47. The Hall–Kier alpha value is -3.80. The Bertz CT molecular complexity index is 940. The molecule has 0 aliphatic rings. The number of carbonyl (C=O) groups is 2. The Morgan fingerprint density at radius 2 is 1.54 bits per heavy atom. The second-order valence-electron chi connectivity index (χ2n) is 5.91. The molecule has 0 unspecified atom stereocenters. The van der Waals surface area contributed by atoms with Gasteiger partial charge in [0.05, 0.1) is 7.11 Å². The Morgan fingerprint density at radius 1 is 0.786 bits per heavy atom. The van der Waals surface area contributed by atoms with Gasteiger partial charge in [-0.3, -0.25) is 9.59 Å². The van der Waals surface area contributed by atoms with Crippen LogP contribution >= 0.6 is 0 Å². The molecule has 6 nitrogen and oxygen atoms in total. The smallest absolute Gasteiger partial charge is 0.262 e. The van der Waals surface area contributed by atoms with E-state index in [2.05, 4.69) is 10.6 Å². The number of anilines is 2. The van der Waals surface area contributed by atoms with Gasteiger partial charge in [0, 0.05) is 23.0 Å². The minimum absolute atomic E-state index is 0.132. The Labute approximate surface area is 163 Å². The molecular formula is C22H20N2O4. The highest BCUT2D eigenvalue weighted by molar-refractivity contribution is 6.04. The summed E-state index contributed by atoms with van der Waals surface area (Å²) in [5, 5.41) is 5.55. The van der Waals surface area contributed by atoms with Crippen LogP contribution < -0.4 is 20.1 Å². The van der Waals surface area contributed by atoms with E-state index in [4.69, 9.17) is 9.47 Å². The maximum atomic E-state index is 12.1. The van der Waals surface area contributed by atoms with Gasteiger partial charge in [-0.15, -0.1) is 0 Å². The third-order valence-electron chi connectivity index (χ3n) is 3.87. The highest BCUT2D eigenvalue weighted by Crippen LogP contribution is 2.18. The Morgan fingerprint density at radius 3 is 2.25 bits per heavy atom. The summed E-state index contributed by atoms with van der Waals surface area (Å²) in [6.45, 7) is -0.132. The standard InChI is InChI=1S/C22H20N2O4/c1-27-20-9-5-8-18(14-20)23-21(25)15-28-19-12-10-17(11-13-19)24-22(26)16-6-3-2-4-7-16/h2-14H,15H2,1H3,(H,23,25)(H,24,26). The first kappa shape index (κ1) is 19.0. The predicted octanol–water partition coefficient (Wildman–Crippen LogP) is 3.97. The first-order valence-electron chi connectivity index (χ1n) is 8.67. The van der Waals surface area contributed by atoms with Gasteiger partial charge in [0.15, 0.2) is 6.61 Å². The van der Waals surface area contributed by atoms with Gasteiger partial charge in [0.1, 0.15) is 11.5 Å². The number of rotatable bonds is 7. The summed E-state index contributed by atoms with van der Waals surface area (Å²) in [6, 6.07) is 22.9. The minimum Gasteiger partial charge on any atom is -0.497 e. The lowest BCUT2D eigenvalue weighted by molar-refractivity contribution is -0.118. The molecule has 0 radical (unpaired) electrons. The summed E-state index contributed by atoms with van der Waals surface area (Å²) in [7, 11) is 1.57. The molecule has 2 N–H and O–H groups in total. The van der Waals surface area contributed by atoms with Gasteiger partial charge in [-0.25, -0.2) is 0 Å². The molecule has 0 spiro atoms. The summed E-state index contributed by atoms with van der Waals surface area (Å²) in [4.78, 5) is 24.1. The SMILES string of the molecule is COc1cccc(NC(=O)COc2ccc(NC(=O)c3ccccc3)cc2)c1. The molecule has 142 valence electrons. The van der Waals surface area contributed by atoms with Gasteiger partial charge in [-0.2, -0.15) is 0 Å². The third kappa shape index (κ3) is 5.35. The van der Waals surface area contributed by atoms with E-state index in [1.165, 1.54) is 0 Å². The topological polar surface area (TPSA) is 76.7 Å². The molecule has 0 aliphatic heterocycles. The van der Waals surface area contributed by atoms with Crippen molar-refractivity contribution in [3.8, 4) is 11.5 Å². The van der Waals surface area contributed by atoms with E-state index in [0.717, 1.165) is 0 Å². The van der Waals surface area contributed by atoms with E-state index < -0.39 is 0 Å². The average Bonchev–Trinajstić information content (AvgIpc) is 2.74. The lowest BCUT2D eigenvalue weighted by Crippen LogP contribution is -2.20. The summed E-state index contributed by atoms with van der Waals surface area (Å²) in [5.41, 5.74) is 1.85. The van der Waals surface area contributed by atoms with Crippen molar-refractivity contribution in [2.45, 2.75) is 0 Å². The lowest BCUT2D eigenvalue weighted by Gasteiger charge is -2.10. The van der Waals surface area contributed by atoms with E-state index in [9.17, 15) is 9.59 Å².